The molecule has 2 N–H and O–H groups in total. The number of hydrogen-bond acceptors (Lipinski definition) is 4. The molecule has 1 atom stereocenters. The van der Waals surface area contributed by atoms with Crippen LogP contribution in [0.5, 0.6) is 0 Å². The van der Waals surface area contributed by atoms with Crippen LogP contribution in [0.1, 0.15) is 55.1 Å². The van der Waals surface area contributed by atoms with Crippen molar-refractivity contribution >= 4 is 22.2 Å². The summed E-state index contributed by atoms with van der Waals surface area (Å²) >= 11 is 1.73. The van der Waals surface area contributed by atoms with E-state index in [-0.39, 0.29) is 11.9 Å². The second-order valence-corrected chi connectivity index (χ2v) is 7.25. The van der Waals surface area contributed by atoms with E-state index < -0.39 is 0 Å². The van der Waals surface area contributed by atoms with E-state index in [1.807, 2.05) is 0 Å². The molecule has 5 nitrogen and oxygen atoms in total. The third-order valence-corrected chi connectivity index (χ3v) is 5.58. The summed E-state index contributed by atoms with van der Waals surface area (Å²) in [6, 6.07) is -0.0736. The van der Waals surface area contributed by atoms with Crippen molar-refractivity contribution in [2.75, 3.05) is 6.54 Å². The molecule has 1 aliphatic carbocycles. The molecule has 1 amide bonds. The van der Waals surface area contributed by atoms with Crippen LogP contribution >= 0.6 is 11.3 Å². The van der Waals surface area contributed by atoms with Crippen molar-refractivity contribution in [2.45, 2.75) is 57.5 Å². The van der Waals surface area contributed by atoms with Crippen molar-refractivity contribution in [3.63, 3.8) is 0 Å². The maximum absolute atomic E-state index is 12.1. The third-order valence-electron chi connectivity index (χ3n) is 4.73. The Bertz CT molecular complexity index is 700. The zero-order valence-corrected chi connectivity index (χ0v) is 13.7. The molecule has 2 aromatic heterocycles. The Morgan fingerprint density at radius 1 is 1.41 bits per heavy atom. The van der Waals surface area contributed by atoms with Crippen molar-refractivity contribution in [3.05, 3.63) is 22.5 Å². The number of thiazole rings is 1. The van der Waals surface area contributed by atoms with Crippen LogP contribution in [0.4, 0.5) is 0 Å². The first-order chi connectivity index (χ1) is 10.7. The van der Waals surface area contributed by atoms with Gasteiger partial charge in [0.1, 0.15) is 0 Å². The quantitative estimate of drug-likeness (QED) is 0.910. The molecule has 0 bridgehead atoms. The zero-order valence-electron chi connectivity index (χ0n) is 12.9. The average Bonchev–Trinajstić information content (AvgIpc) is 3.23. The SMILES string of the molecule is Cc1nc2scc(C3CC3)n2c1CN[C@H]1CCCCNC1=O. The fraction of sp³-hybridized carbons (Fsp3) is 0.625. The lowest BCUT2D eigenvalue weighted by Gasteiger charge is -2.15. The summed E-state index contributed by atoms with van der Waals surface area (Å²) in [6.45, 7) is 3.59. The van der Waals surface area contributed by atoms with Crippen LogP contribution in [-0.2, 0) is 11.3 Å². The van der Waals surface area contributed by atoms with Gasteiger partial charge in [0.2, 0.25) is 5.91 Å². The number of rotatable bonds is 4. The Labute approximate surface area is 134 Å². The van der Waals surface area contributed by atoms with Gasteiger partial charge in [-0.15, -0.1) is 11.3 Å². The Morgan fingerprint density at radius 3 is 3.09 bits per heavy atom. The summed E-state index contributed by atoms with van der Waals surface area (Å²) in [5.74, 6) is 0.853. The summed E-state index contributed by atoms with van der Waals surface area (Å²) in [4.78, 5) is 17.8. The van der Waals surface area contributed by atoms with Gasteiger partial charge in [-0.25, -0.2) is 4.98 Å². The fourth-order valence-corrected chi connectivity index (χ4v) is 4.30. The molecule has 1 aliphatic heterocycles. The van der Waals surface area contributed by atoms with Gasteiger partial charge in [-0.3, -0.25) is 9.20 Å². The molecule has 1 saturated carbocycles. The van der Waals surface area contributed by atoms with E-state index >= 15 is 0 Å². The van der Waals surface area contributed by atoms with Crippen LogP contribution in [-0.4, -0.2) is 27.9 Å². The van der Waals surface area contributed by atoms with E-state index in [0.717, 1.165) is 36.5 Å². The zero-order chi connectivity index (χ0) is 15.1. The Balaban J connectivity index is 1.56. The summed E-state index contributed by atoms with van der Waals surface area (Å²) in [7, 11) is 0. The molecule has 22 heavy (non-hydrogen) atoms. The van der Waals surface area contributed by atoms with Gasteiger partial charge in [0, 0.05) is 30.1 Å². The number of nitrogens with one attached hydrogen (secondary N) is 2. The number of fused-ring (bicyclic) bond motifs is 1. The number of imidazole rings is 1. The van der Waals surface area contributed by atoms with Crippen molar-refractivity contribution in [1.29, 1.82) is 0 Å². The maximum Gasteiger partial charge on any atom is 0.237 e. The highest BCUT2D eigenvalue weighted by Gasteiger charge is 2.29. The molecule has 2 aliphatic rings. The summed E-state index contributed by atoms with van der Waals surface area (Å²) in [5.41, 5.74) is 3.70. The van der Waals surface area contributed by atoms with Crippen molar-refractivity contribution < 1.29 is 4.79 Å². The minimum atomic E-state index is -0.0736. The van der Waals surface area contributed by atoms with Gasteiger partial charge in [-0.05, 0) is 39.0 Å². The van der Waals surface area contributed by atoms with Crippen LogP contribution in [0.2, 0.25) is 0 Å². The standard InChI is InChI=1S/C16H22N4OS/c1-10-13(8-18-12-4-2-3-7-17-15(12)21)20-14(11-5-6-11)9-22-16(20)19-10/h9,11-12,18H,2-8H2,1H3,(H,17,21)/t12-/m0/s1. The van der Waals surface area contributed by atoms with Gasteiger partial charge in [0.15, 0.2) is 4.96 Å². The Kier molecular flexibility index (Phi) is 3.66. The van der Waals surface area contributed by atoms with Gasteiger partial charge in [0.25, 0.3) is 0 Å². The van der Waals surface area contributed by atoms with Crippen LogP contribution < -0.4 is 10.6 Å². The number of amides is 1. The second-order valence-electron chi connectivity index (χ2n) is 6.42. The van der Waals surface area contributed by atoms with Gasteiger partial charge in [-0.2, -0.15) is 0 Å². The van der Waals surface area contributed by atoms with Crippen LogP contribution in [0, 0.1) is 6.92 Å². The number of hydrogen-bond donors (Lipinski definition) is 2. The topological polar surface area (TPSA) is 58.4 Å². The van der Waals surface area contributed by atoms with Crippen molar-refractivity contribution in [1.82, 2.24) is 20.0 Å². The van der Waals surface area contributed by atoms with Crippen LogP contribution in [0.15, 0.2) is 5.38 Å². The van der Waals surface area contributed by atoms with Crippen LogP contribution in [0.25, 0.3) is 4.96 Å². The predicted octanol–water partition coefficient (Wildman–Crippen LogP) is 2.34. The molecule has 0 spiro atoms. The predicted molar refractivity (Wildman–Crippen MR) is 87.3 cm³/mol. The molecule has 118 valence electrons. The van der Waals surface area contributed by atoms with Crippen molar-refractivity contribution in [2.24, 2.45) is 0 Å². The number of aryl methyl sites for hydroxylation is 1. The molecule has 6 heteroatoms. The smallest absolute Gasteiger partial charge is 0.237 e. The van der Waals surface area contributed by atoms with Crippen LogP contribution in [0.3, 0.4) is 0 Å². The molecule has 2 fully saturated rings. The van der Waals surface area contributed by atoms with Gasteiger partial charge in [0.05, 0.1) is 17.4 Å². The lowest BCUT2D eigenvalue weighted by atomic mass is 10.1. The van der Waals surface area contributed by atoms with E-state index in [9.17, 15) is 4.79 Å². The number of carbonyl (C=O) groups is 1. The highest BCUT2D eigenvalue weighted by Crippen LogP contribution is 2.42. The van der Waals surface area contributed by atoms with Crippen molar-refractivity contribution in [3.8, 4) is 0 Å². The molecule has 1 saturated heterocycles. The highest BCUT2D eigenvalue weighted by molar-refractivity contribution is 7.15. The number of nitrogens with zero attached hydrogens (tertiary/aromatic N) is 2. The summed E-state index contributed by atoms with van der Waals surface area (Å²) < 4.78 is 2.32. The van der Waals surface area contributed by atoms with Gasteiger partial charge < -0.3 is 10.6 Å². The minimum Gasteiger partial charge on any atom is -0.355 e. The maximum atomic E-state index is 12.1. The Hall–Kier alpha value is -1.40. The molecule has 0 radical (unpaired) electrons. The van der Waals surface area contributed by atoms with E-state index in [4.69, 9.17) is 0 Å². The monoisotopic (exact) mass is 318 g/mol. The first kappa shape index (κ1) is 14.2. The second kappa shape index (κ2) is 5.66. The van der Waals surface area contributed by atoms with E-state index in [1.165, 1.54) is 24.2 Å². The number of carbonyl (C=O) groups excluding carboxylic acids is 1. The Morgan fingerprint density at radius 2 is 2.27 bits per heavy atom. The summed E-state index contributed by atoms with van der Waals surface area (Å²) in [6.07, 6.45) is 5.69. The summed E-state index contributed by atoms with van der Waals surface area (Å²) in [5, 5.41) is 8.70. The normalized spacial score (nSPS) is 22.8. The largest absolute Gasteiger partial charge is 0.355 e. The van der Waals surface area contributed by atoms with Gasteiger partial charge in [-0.1, -0.05) is 0 Å². The average molecular weight is 318 g/mol. The van der Waals surface area contributed by atoms with E-state index in [0.29, 0.717) is 12.5 Å². The molecule has 0 unspecified atom stereocenters. The van der Waals surface area contributed by atoms with E-state index in [1.54, 1.807) is 11.3 Å². The molecular formula is C16H22N4OS. The number of aromatic nitrogens is 2. The minimum absolute atomic E-state index is 0.0736. The third kappa shape index (κ3) is 2.54. The first-order valence-electron chi connectivity index (χ1n) is 8.20. The lowest BCUT2D eigenvalue weighted by molar-refractivity contribution is -0.122. The van der Waals surface area contributed by atoms with Gasteiger partial charge >= 0.3 is 0 Å². The molecule has 0 aromatic carbocycles. The molecular weight excluding hydrogens is 296 g/mol. The molecule has 4 rings (SSSR count). The molecule has 2 aromatic rings. The first-order valence-corrected chi connectivity index (χ1v) is 9.08. The highest BCUT2D eigenvalue weighted by atomic mass is 32.1. The van der Waals surface area contributed by atoms with E-state index in [2.05, 4.69) is 32.3 Å². The molecule has 3 heterocycles. The fourth-order valence-electron chi connectivity index (χ4n) is 3.27. The lowest BCUT2D eigenvalue weighted by Crippen LogP contribution is -2.42.